The number of hydrogen-bond acceptors (Lipinski definition) is 5. The lowest BCUT2D eigenvalue weighted by Gasteiger charge is -2.37. The molecular weight excluding hydrogens is 511 g/mol. The Labute approximate surface area is 224 Å². The van der Waals surface area contributed by atoms with E-state index in [0.29, 0.717) is 18.3 Å². The molecule has 1 aromatic carbocycles. The van der Waals surface area contributed by atoms with Gasteiger partial charge in [-0.3, -0.25) is 24.3 Å². The van der Waals surface area contributed by atoms with E-state index in [9.17, 15) is 27.6 Å². The fourth-order valence-corrected chi connectivity index (χ4v) is 6.29. The maximum atomic E-state index is 13.0. The number of rotatable bonds is 6. The molecule has 11 heteroatoms. The first-order chi connectivity index (χ1) is 18.7. The number of carbonyl (C=O) groups excluding carboxylic acids is 3. The van der Waals surface area contributed by atoms with Gasteiger partial charge in [-0.15, -0.1) is 0 Å². The Morgan fingerprint density at radius 2 is 1.67 bits per heavy atom. The highest BCUT2D eigenvalue weighted by molar-refractivity contribution is 5.96. The smallest absolute Gasteiger partial charge is 0.348 e. The first-order valence-corrected chi connectivity index (χ1v) is 13.4. The van der Waals surface area contributed by atoms with Gasteiger partial charge in [-0.05, 0) is 68.9 Å². The summed E-state index contributed by atoms with van der Waals surface area (Å²) in [5.41, 5.74) is -0.612. The minimum atomic E-state index is -4.54. The van der Waals surface area contributed by atoms with Gasteiger partial charge in [0.15, 0.2) is 0 Å². The van der Waals surface area contributed by atoms with Gasteiger partial charge in [0, 0.05) is 49.0 Å². The van der Waals surface area contributed by atoms with Crippen molar-refractivity contribution in [1.29, 1.82) is 0 Å². The Bertz CT molecular complexity index is 1200. The van der Waals surface area contributed by atoms with Gasteiger partial charge in [-0.2, -0.15) is 13.2 Å². The first-order valence-electron chi connectivity index (χ1n) is 13.4. The quantitative estimate of drug-likeness (QED) is 0.584. The van der Waals surface area contributed by atoms with E-state index in [-0.39, 0.29) is 42.0 Å². The van der Waals surface area contributed by atoms with Crippen molar-refractivity contribution in [2.24, 2.45) is 0 Å². The summed E-state index contributed by atoms with van der Waals surface area (Å²) in [6.07, 6.45) is 2.49. The lowest BCUT2D eigenvalue weighted by atomic mass is 9.89. The Kier molecular flexibility index (Phi) is 7.88. The molecule has 2 atom stereocenters. The summed E-state index contributed by atoms with van der Waals surface area (Å²) in [4.78, 5) is 46.3. The van der Waals surface area contributed by atoms with Crippen molar-refractivity contribution in [3.63, 3.8) is 0 Å². The SMILES string of the molecule is O=C(NCC(=O)N1CCC2C1CCN2C1CCC(NC(=O)c2ccccn2)CC1)c1cccc(C(F)(F)F)c1. The van der Waals surface area contributed by atoms with E-state index in [2.05, 4.69) is 20.5 Å². The van der Waals surface area contributed by atoms with Crippen LogP contribution in [0.4, 0.5) is 13.2 Å². The second-order valence-electron chi connectivity index (χ2n) is 10.5. The third-order valence-electron chi connectivity index (χ3n) is 8.19. The summed E-state index contributed by atoms with van der Waals surface area (Å²) in [7, 11) is 0. The maximum Gasteiger partial charge on any atom is 0.416 e. The molecule has 0 bridgehead atoms. The average molecular weight is 544 g/mol. The molecule has 1 aliphatic carbocycles. The molecule has 1 aromatic heterocycles. The first kappa shape index (κ1) is 27.1. The van der Waals surface area contributed by atoms with Crippen LogP contribution < -0.4 is 10.6 Å². The van der Waals surface area contributed by atoms with Crippen LogP contribution in [0.1, 0.15) is 64.9 Å². The minimum Gasteiger partial charge on any atom is -0.348 e. The number of benzene rings is 1. The average Bonchev–Trinajstić information content (AvgIpc) is 3.55. The lowest BCUT2D eigenvalue weighted by Crippen LogP contribution is -2.48. The predicted octanol–water partition coefficient (Wildman–Crippen LogP) is 3.25. The molecular formula is C28H32F3N5O3. The molecule has 39 heavy (non-hydrogen) atoms. The van der Waals surface area contributed by atoms with Crippen molar-refractivity contribution in [2.75, 3.05) is 19.6 Å². The molecule has 1 saturated carbocycles. The van der Waals surface area contributed by atoms with Gasteiger partial charge in [0.05, 0.1) is 12.1 Å². The van der Waals surface area contributed by atoms with Crippen LogP contribution in [0.3, 0.4) is 0 Å². The van der Waals surface area contributed by atoms with E-state index in [4.69, 9.17) is 0 Å². The van der Waals surface area contributed by atoms with Crippen LogP contribution in [-0.2, 0) is 11.0 Å². The molecule has 0 spiro atoms. The Balaban J connectivity index is 1.09. The molecule has 208 valence electrons. The fourth-order valence-electron chi connectivity index (χ4n) is 6.29. The van der Waals surface area contributed by atoms with Crippen molar-refractivity contribution in [2.45, 2.75) is 68.9 Å². The zero-order valence-electron chi connectivity index (χ0n) is 21.5. The topological polar surface area (TPSA) is 94.6 Å². The predicted molar refractivity (Wildman–Crippen MR) is 137 cm³/mol. The molecule has 3 aliphatic rings. The highest BCUT2D eigenvalue weighted by Gasteiger charge is 2.46. The normalized spacial score (nSPS) is 25.3. The van der Waals surface area contributed by atoms with Gasteiger partial charge in [0.25, 0.3) is 11.8 Å². The van der Waals surface area contributed by atoms with Crippen molar-refractivity contribution >= 4 is 17.7 Å². The van der Waals surface area contributed by atoms with Gasteiger partial charge in [0.1, 0.15) is 5.69 Å². The van der Waals surface area contributed by atoms with Crippen molar-refractivity contribution in [3.05, 3.63) is 65.5 Å². The molecule has 3 amide bonds. The van der Waals surface area contributed by atoms with Crippen molar-refractivity contribution in [1.82, 2.24) is 25.4 Å². The van der Waals surface area contributed by atoms with E-state index in [0.717, 1.165) is 57.2 Å². The van der Waals surface area contributed by atoms with Gasteiger partial charge in [-0.1, -0.05) is 12.1 Å². The number of hydrogen-bond donors (Lipinski definition) is 2. The number of aromatic nitrogens is 1. The summed E-state index contributed by atoms with van der Waals surface area (Å²) in [6.45, 7) is 1.24. The zero-order chi connectivity index (χ0) is 27.6. The molecule has 3 fully saturated rings. The van der Waals surface area contributed by atoms with Crippen LogP contribution in [0, 0.1) is 0 Å². The second kappa shape index (κ2) is 11.3. The summed E-state index contributed by atoms with van der Waals surface area (Å²) >= 11 is 0. The number of nitrogens with one attached hydrogen (secondary N) is 2. The molecule has 5 rings (SSSR count). The molecule has 2 aliphatic heterocycles. The van der Waals surface area contributed by atoms with Gasteiger partial charge >= 0.3 is 6.18 Å². The highest BCUT2D eigenvalue weighted by atomic mass is 19.4. The van der Waals surface area contributed by atoms with Crippen molar-refractivity contribution in [3.8, 4) is 0 Å². The highest BCUT2D eigenvalue weighted by Crippen LogP contribution is 2.36. The van der Waals surface area contributed by atoms with Crippen LogP contribution in [0.2, 0.25) is 0 Å². The number of likely N-dealkylation sites (tertiary alicyclic amines) is 2. The molecule has 2 aromatic rings. The summed E-state index contributed by atoms with van der Waals surface area (Å²) in [6, 6.07) is 10.3. The van der Waals surface area contributed by atoms with E-state index < -0.39 is 17.6 Å². The summed E-state index contributed by atoms with van der Waals surface area (Å²) < 4.78 is 38.9. The number of halogens is 3. The molecule has 0 radical (unpaired) electrons. The standard InChI is InChI=1S/C28H32F3N5O3/c29-28(30,31)19-5-3-4-18(16-19)26(38)33-17-25(37)36-15-12-23-24(36)11-14-35(23)21-9-7-20(8-10-21)34-27(39)22-6-1-2-13-32-22/h1-6,13,16,20-21,23-24H,7-12,14-15,17H2,(H,33,38)(H,34,39). The van der Waals surface area contributed by atoms with Crippen LogP contribution in [0.5, 0.6) is 0 Å². The van der Waals surface area contributed by atoms with Crippen molar-refractivity contribution < 1.29 is 27.6 Å². The van der Waals surface area contributed by atoms with Crippen LogP contribution in [-0.4, -0.2) is 76.3 Å². The number of fused-ring (bicyclic) bond motifs is 1. The Hall–Kier alpha value is -3.47. The maximum absolute atomic E-state index is 13.0. The zero-order valence-corrected chi connectivity index (χ0v) is 21.5. The second-order valence-corrected chi connectivity index (χ2v) is 10.5. The Morgan fingerprint density at radius 3 is 2.38 bits per heavy atom. The monoisotopic (exact) mass is 543 g/mol. The molecule has 2 saturated heterocycles. The van der Waals surface area contributed by atoms with Gasteiger partial charge in [-0.25, -0.2) is 0 Å². The number of pyridine rings is 1. The fraction of sp³-hybridized carbons (Fsp3) is 0.500. The van der Waals surface area contributed by atoms with Crippen LogP contribution in [0.25, 0.3) is 0 Å². The number of carbonyl (C=O) groups is 3. The van der Waals surface area contributed by atoms with Crippen LogP contribution >= 0.6 is 0 Å². The molecule has 8 nitrogen and oxygen atoms in total. The number of nitrogens with zero attached hydrogens (tertiary/aromatic N) is 3. The Morgan fingerprint density at radius 1 is 0.897 bits per heavy atom. The molecule has 2 unspecified atom stereocenters. The summed E-state index contributed by atoms with van der Waals surface area (Å²) in [5.74, 6) is -1.07. The van der Waals surface area contributed by atoms with E-state index in [1.54, 1.807) is 24.4 Å². The number of amides is 3. The van der Waals surface area contributed by atoms with E-state index in [1.165, 1.54) is 12.1 Å². The summed E-state index contributed by atoms with van der Waals surface area (Å²) in [5, 5.41) is 5.59. The minimum absolute atomic E-state index is 0.0736. The van der Waals surface area contributed by atoms with E-state index in [1.807, 2.05) is 4.90 Å². The van der Waals surface area contributed by atoms with Crippen LogP contribution in [0.15, 0.2) is 48.7 Å². The van der Waals surface area contributed by atoms with Gasteiger partial charge < -0.3 is 15.5 Å². The molecule has 2 N–H and O–H groups in total. The molecule has 3 heterocycles. The number of alkyl halides is 3. The van der Waals surface area contributed by atoms with E-state index >= 15 is 0 Å². The third-order valence-corrected chi connectivity index (χ3v) is 8.19. The van der Waals surface area contributed by atoms with Gasteiger partial charge in [0.2, 0.25) is 5.91 Å². The third kappa shape index (κ3) is 6.08. The lowest BCUT2D eigenvalue weighted by molar-refractivity contribution is -0.137. The largest absolute Gasteiger partial charge is 0.416 e.